The molecule has 0 saturated heterocycles. The molecular weight excluding hydrogens is 242 g/mol. The average Bonchev–Trinajstić information content (AvgIpc) is 2.46. The van der Waals surface area contributed by atoms with Crippen LogP contribution in [0.2, 0.25) is 0 Å². The molecule has 18 heavy (non-hydrogen) atoms. The molecule has 0 spiro atoms. The maximum absolute atomic E-state index is 4.45. The number of aryl methyl sites for hydroxylation is 1. The van der Waals surface area contributed by atoms with Crippen LogP contribution in [0.25, 0.3) is 0 Å². The fraction of sp³-hybridized carbons (Fsp3) is 0.500. The molecule has 0 fully saturated rings. The van der Waals surface area contributed by atoms with Gasteiger partial charge in [0.25, 0.3) is 0 Å². The zero-order chi connectivity index (χ0) is 12.2. The third kappa shape index (κ3) is 2.64. The summed E-state index contributed by atoms with van der Waals surface area (Å²) in [7, 11) is 0. The first-order valence-electron chi connectivity index (χ1n) is 6.65. The fourth-order valence-corrected chi connectivity index (χ4v) is 3.72. The molecule has 3 rings (SSSR count). The van der Waals surface area contributed by atoms with Gasteiger partial charge in [-0.25, -0.2) is 0 Å². The molecule has 1 unspecified atom stereocenters. The Labute approximate surface area is 112 Å². The third-order valence-corrected chi connectivity index (χ3v) is 4.71. The van der Waals surface area contributed by atoms with Crippen molar-refractivity contribution >= 4 is 17.7 Å². The van der Waals surface area contributed by atoms with Crippen LogP contribution in [0, 0.1) is 0 Å². The van der Waals surface area contributed by atoms with Crippen molar-refractivity contribution in [2.45, 2.75) is 18.1 Å². The lowest BCUT2D eigenvalue weighted by Gasteiger charge is -2.26. The molecule has 0 bridgehead atoms. The Morgan fingerprint density at radius 3 is 3.22 bits per heavy atom. The number of rotatable bonds is 2. The Hall–Kier alpha value is -1.16. The van der Waals surface area contributed by atoms with E-state index in [4.69, 9.17) is 0 Å². The zero-order valence-corrected chi connectivity index (χ0v) is 11.3. The van der Waals surface area contributed by atoms with Gasteiger partial charge in [-0.15, -0.1) is 0 Å². The molecule has 2 N–H and O–H groups in total. The van der Waals surface area contributed by atoms with E-state index in [2.05, 4.69) is 39.9 Å². The van der Waals surface area contributed by atoms with Gasteiger partial charge >= 0.3 is 0 Å². The van der Waals surface area contributed by atoms with E-state index in [9.17, 15) is 0 Å². The van der Waals surface area contributed by atoms with E-state index < -0.39 is 0 Å². The summed E-state index contributed by atoms with van der Waals surface area (Å²) >= 11 is 2.05. The van der Waals surface area contributed by atoms with Gasteiger partial charge in [-0.3, -0.25) is 4.99 Å². The Morgan fingerprint density at radius 1 is 1.39 bits per heavy atom. The van der Waals surface area contributed by atoms with Crippen molar-refractivity contribution in [3.63, 3.8) is 0 Å². The third-order valence-electron chi connectivity index (χ3n) is 3.44. The molecule has 1 atom stereocenters. The van der Waals surface area contributed by atoms with Gasteiger partial charge in [-0.2, -0.15) is 11.8 Å². The van der Waals surface area contributed by atoms with E-state index in [1.54, 1.807) is 0 Å². The van der Waals surface area contributed by atoms with Gasteiger partial charge < -0.3 is 10.6 Å². The van der Waals surface area contributed by atoms with Crippen LogP contribution < -0.4 is 10.6 Å². The monoisotopic (exact) mass is 261 g/mol. The number of aliphatic imine (C=N–C) groups is 1. The van der Waals surface area contributed by atoms with Crippen LogP contribution in [0.15, 0.2) is 29.3 Å². The van der Waals surface area contributed by atoms with Crippen LogP contribution in [0.5, 0.6) is 0 Å². The second kappa shape index (κ2) is 5.65. The Morgan fingerprint density at radius 2 is 2.33 bits per heavy atom. The minimum Gasteiger partial charge on any atom is -0.356 e. The summed E-state index contributed by atoms with van der Waals surface area (Å²) in [6, 6.07) is 8.82. The summed E-state index contributed by atoms with van der Waals surface area (Å²) in [6.07, 6.45) is 2.35. The minimum absolute atomic E-state index is 0.557. The number of hydrogen-bond acceptors (Lipinski definition) is 4. The minimum atomic E-state index is 0.557. The highest BCUT2D eigenvalue weighted by Crippen LogP contribution is 2.35. The topological polar surface area (TPSA) is 36.4 Å². The highest BCUT2D eigenvalue weighted by atomic mass is 32.2. The van der Waals surface area contributed by atoms with Crippen molar-refractivity contribution in [1.29, 1.82) is 0 Å². The van der Waals surface area contributed by atoms with Gasteiger partial charge in [0.1, 0.15) is 0 Å². The predicted molar refractivity (Wildman–Crippen MR) is 78.3 cm³/mol. The highest BCUT2D eigenvalue weighted by Gasteiger charge is 2.20. The maximum Gasteiger partial charge on any atom is 0.191 e. The molecular formula is C14H19N3S. The van der Waals surface area contributed by atoms with Crippen LogP contribution in [0.3, 0.4) is 0 Å². The summed E-state index contributed by atoms with van der Waals surface area (Å²) in [5, 5.41) is 7.32. The molecule has 0 aliphatic carbocycles. The molecule has 0 saturated carbocycles. The zero-order valence-electron chi connectivity index (χ0n) is 10.5. The number of nitrogens with one attached hydrogen (secondary N) is 2. The van der Waals surface area contributed by atoms with Crippen molar-refractivity contribution in [2.24, 2.45) is 4.99 Å². The molecule has 0 aromatic heterocycles. The average molecular weight is 261 g/mol. The van der Waals surface area contributed by atoms with Crippen LogP contribution in [-0.4, -0.2) is 31.3 Å². The van der Waals surface area contributed by atoms with Crippen molar-refractivity contribution in [3.05, 3.63) is 35.4 Å². The first kappa shape index (κ1) is 11.9. The van der Waals surface area contributed by atoms with Gasteiger partial charge in [-0.05, 0) is 29.7 Å². The molecule has 1 aromatic carbocycles. The summed E-state index contributed by atoms with van der Waals surface area (Å²) in [4.78, 5) is 4.45. The van der Waals surface area contributed by atoms with Crippen molar-refractivity contribution < 1.29 is 0 Å². The number of thioether (sulfide) groups is 1. The first-order chi connectivity index (χ1) is 8.93. The largest absolute Gasteiger partial charge is 0.356 e. The number of benzene rings is 1. The number of guanidine groups is 1. The van der Waals surface area contributed by atoms with Gasteiger partial charge in [0.15, 0.2) is 5.96 Å². The lowest BCUT2D eigenvalue weighted by atomic mass is 10.0. The Balaban J connectivity index is 1.65. The van der Waals surface area contributed by atoms with E-state index in [1.807, 2.05) is 11.8 Å². The van der Waals surface area contributed by atoms with Crippen LogP contribution in [0.4, 0.5) is 0 Å². The van der Waals surface area contributed by atoms with Gasteiger partial charge in [0.05, 0.1) is 0 Å². The molecule has 96 valence electrons. The van der Waals surface area contributed by atoms with Gasteiger partial charge in [-0.1, -0.05) is 24.3 Å². The van der Waals surface area contributed by atoms with E-state index >= 15 is 0 Å². The number of hydrogen-bond donors (Lipinski definition) is 2. The number of nitrogens with zero attached hydrogens (tertiary/aromatic N) is 1. The SMILES string of the molecule is c1ccc2c(c1)CCSC2CNC1=NCCCN1. The van der Waals surface area contributed by atoms with E-state index in [0.29, 0.717) is 5.25 Å². The quantitative estimate of drug-likeness (QED) is 0.854. The molecule has 0 radical (unpaired) electrons. The van der Waals surface area contributed by atoms with Crippen molar-refractivity contribution in [1.82, 2.24) is 10.6 Å². The molecule has 1 aromatic rings. The molecule has 2 aliphatic heterocycles. The first-order valence-corrected chi connectivity index (χ1v) is 7.70. The fourth-order valence-electron chi connectivity index (χ4n) is 2.49. The van der Waals surface area contributed by atoms with Crippen molar-refractivity contribution in [3.8, 4) is 0 Å². The van der Waals surface area contributed by atoms with Gasteiger partial charge in [0, 0.05) is 24.9 Å². The standard InChI is InChI=1S/C14H19N3S/c1-2-5-12-11(4-1)6-9-18-13(12)10-17-14-15-7-3-8-16-14/h1-2,4-5,13H,3,6-10H2,(H2,15,16,17). The summed E-state index contributed by atoms with van der Waals surface area (Å²) in [5.74, 6) is 2.20. The second-order valence-corrected chi connectivity index (χ2v) is 6.01. The lowest BCUT2D eigenvalue weighted by Crippen LogP contribution is -2.42. The van der Waals surface area contributed by atoms with Crippen LogP contribution in [-0.2, 0) is 6.42 Å². The lowest BCUT2D eigenvalue weighted by molar-refractivity contribution is 0.696. The number of fused-ring (bicyclic) bond motifs is 1. The maximum atomic E-state index is 4.45. The summed E-state index contributed by atoms with van der Waals surface area (Å²) < 4.78 is 0. The molecule has 2 heterocycles. The van der Waals surface area contributed by atoms with E-state index in [0.717, 1.165) is 32.0 Å². The normalized spacial score (nSPS) is 22.7. The summed E-state index contributed by atoms with van der Waals surface area (Å²) in [6.45, 7) is 2.96. The second-order valence-electron chi connectivity index (χ2n) is 4.70. The van der Waals surface area contributed by atoms with Gasteiger partial charge in [0.2, 0.25) is 0 Å². The highest BCUT2D eigenvalue weighted by molar-refractivity contribution is 7.99. The molecule has 3 nitrogen and oxygen atoms in total. The smallest absolute Gasteiger partial charge is 0.191 e. The van der Waals surface area contributed by atoms with E-state index in [-0.39, 0.29) is 0 Å². The predicted octanol–water partition coefficient (Wildman–Crippen LogP) is 1.96. The van der Waals surface area contributed by atoms with E-state index in [1.165, 1.54) is 23.3 Å². The van der Waals surface area contributed by atoms with Crippen LogP contribution >= 0.6 is 11.8 Å². The van der Waals surface area contributed by atoms with Crippen LogP contribution in [0.1, 0.15) is 22.8 Å². The molecule has 2 aliphatic rings. The molecule has 4 heteroatoms. The Kier molecular flexibility index (Phi) is 3.74. The van der Waals surface area contributed by atoms with Crippen molar-refractivity contribution in [2.75, 3.05) is 25.4 Å². The Bertz CT molecular complexity index is 444. The molecule has 0 amide bonds. The summed E-state index contributed by atoms with van der Waals surface area (Å²) in [5.41, 5.74) is 3.01.